The third-order valence-corrected chi connectivity index (χ3v) is 11.4. The van der Waals surface area contributed by atoms with Gasteiger partial charge in [0.2, 0.25) is 0 Å². The number of esters is 1. The minimum atomic E-state index is -2.11. The molecular weight excluding hydrogens is 764 g/mol. The normalized spacial score (nSPS) is 20.9. The van der Waals surface area contributed by atoms with Crippen molar-refractivity contribution < 1.29 is 46.0 Å². The number of carbonyl (C=O) groups is 2. The van der Waals surface area contributed by atoms with Crippen molar-refractivity contribution in [2.45, 2.75) is 116 Å². The highest BCUT2D eigenvalue weighted by Gasteiger charge is 2.51. The van der Waals surface area contributed by atoms with Gasteiger partial charge in [0.05, 0.1) is 23.4 Å². The number of ketones is 1. The molecule has 300 valence electrons. The number of hydrogen-bond acceptors (Lipinski definition) is 14. The van der Waals surface area contributed by atoms with Crippen LogP contribution in [-0.4, -0.2) is 94.4 Å². The zero-order chi connectivity index (χ0) is 40.6. The summed E-state index contributed by atoms with van der Waals surface area (Å²) in [4.78, 5) is 29.8. The number of rotatable bonds is 15. The molecule has 1 fully saturated rings. The predicted molar refractivity (Wildman–Crippen MR) is 213 cm³/mol. The molecule has 1 aliphatic heterocycles. The third kappa shape index (κ3) is 10.3. The van der Waals surface area contributed by atoms with Crippen LogP contribution in [0.2, 0.25) is 58.9 Å². The van der Waals surface area contributed by atoms with Gasteiger partial charge in [0.1, 0.15) is 24.1 Å². The van der Waals surface area contributed by atoms with Crippen LogP contribution in [0, 0.1) is 5.82 Å². The highest BCUT2D eigenvalue weighted by atomic mass is 28.4. The molecule has 0 saturated carbocycles. The summed E-state index contributed by atoms with van der Waals surface area (Å²) in [5.41, 5.74) is 13.6. The van der Waals surface area contributed by atoms with Gasteiger partial charge >= 0.3 is 5.97 Å². The minimum absolute atomic E-state index is 0.0112. The number of nitrogen functional groups attached to an aromatic ring is 2. The Balaban J connectivity index is 1.31. The van der Waals surface area contributed by atoms with Gasteiger partial charge in [-0.3, -0.25) is 14.6 Å². The number of ether oxygens (including phenoxy) is 3. The van der Waals surface area contributed by atoms with Crippen molar-refractivity contribution >= 4 is 59.2 Å². The smallest absolute Gasteiger partial charge is 0.307 e. The zero-order valence-electron chi connectivity index (χ0n) is 33.4. The Kier molecular flexibility index (Phi) is 12.6. The van der Waals surface area contributed by atoms with Crippen molar-refractivity contribution in [2.75, 3.05) is 18.6 Å². The monoisotopic (exact) mass is 816 g/mol. The molecule has 0 amide bonds. The van der Waals surface area contributed by atoms with Crippen LogP contribution in [0.4, 0.5) is 15.9 Å². The van der Waals surface area contributed by atoms with E-state index in [0.717, 1.165) is 6.07 Å². The second-order valence-corrected chi connectivity index (χ2v) is 30.0. The highest BCUT2D eigenvalue weighted by Crippen LogP contribution is 2.39. The number of Topliss-reactive ketones (excluding diaryl/α,β-unsaturated/α-hetero) is 1. The second-order valence-electron chi connectivity index (χ2n) is 16.6. The molecule has 0 spiro atoms. The van der Waals surface area contributed by atoms with Crippen LogP contribution in [0.5, 0.6) is 0 Å². The van der Waals surface area contributed by atoms with Gasteiger partial charge in [-0.2, -0.15) is 5.10 Å². The Bertz CT molecular complexity index is 2020. The Labute approximate surface area is 323 Å². The SMILES string of the molecule is CO[C@H]1[C@H](O[Si](C)(C)C)[C@@H](CCC(=O)OCn2cc(-c3cnc(-c4cc(C(C)=O)c(N)cc4F)c4c(N)noc34)cn2)OC(O[Si](C)(C)C)[C@@H]1O[Si](C)(C)C. The maximum atomic E-state index is 15.1. The maximum Gasteiger partial charge on any atom is 0.307 e. The van der Waals surface area contributed by atoms with Gasteiger partial charge in [-0.25, -0.2) is 9.07 Å². The number of hydrogen-bond donors (Lipinski definition) is 2. The number of fused-ring (bicyclic) bond motifs is 1. The number of halogens is 1. The summed E-state index contributed by atoms with van der Waals surface area (Å²) in [5, 5.41) is 8.49. The minimum Gasteiger partial charge on any atom is -0.442 e. The molecule has 1 aliphatic rings. The lowest BCUT2D eigenvalue weighted by molar-refractivity contribution is -0.273. The Morgan fingerprint density at radius 3 is 2.18 bits per heavy atom. The Hall–Kier alpha value is -3.83. The molecule has 1 saturated heterocycles. The number of benzene rings is 1. The van der Waals surface area contributed by atoms with Gasteiger partial charge in [0, 0.05) is 53.9 Å². The average Bonchev–Trinajstić information content (AvgIpc) is 3.69. The first-order valence-electron chi connectivity index (χ1n) is 18.1. The van der Waals surface area contributed by atoms with E-state index in [9.17, 15) is 9.59 Å². The maximum absolute atomic E-state index is 15.1. The Morgan fingerprint density at radius 1 is 0.909 bits per heavy atom. The van der Waals surface area contributed by atoms with E-state index in [1.165, 1.54) is 30.1 Å². The van der Waals surface area contributed by atoms with Crippen molar-refractivity contribution in [3.8, 4) is 22.4 Å². The molecule has 15 nitrogen and oxygen atoms in total. The summed E-state index contributed by atoms with van der Waals surface area (Å²) in [6.07, 6.45) is 2.31. The molecular formula is C36H53FN6O9Si3. The lowest BCUT2D eigenvalue weighted by Crippen LogP contribution is -2.64. The summed E-state index contributed by atoms with van der Waals surface area (Å²) in [7, 11) is -4.62. The first kappa shape index (κ1) is 42.3. The summed E-state index contributed by atoms with van der Waals surface area (Å²) >= 11 is 0. The van der Waals surface area contributed by atoms with Crippen LogP contribution >= 0.6 is 0 Å². The number of methoxy groups -OCH3 is 1. The van der Waals surface area contributed by atoms with Crippen LogP contribution in [0.15, 0.2) is 35.2 Å². The van der Waals surface area contributed by atoms with E-state index in [-0.39, 0.29) is 58.2 Å². The first-order chi connectivity index (χ1) is 25.5. The molecule has 1 unspecified atom stereocenters. The molecule has 0 aliphatic carbocycles. The fourth-order valence-corrected chi connectivity index (χ4v) is 9.45. The van der Waals surface area contributed by atoms with Crippen LogP contribution in [0.3, 0.4) is 0 Å². The van der Waals surface area contributed by atoms with Gasteiger partial charge < -0.3 is 43.5 Å². The quantitative estimate of drug-likeness (QED) is 0.0565. The van der Waals surface area contributed by atoms with Crippen LogP contribution in [0.1, 0.15) is 30.1 Å². The van der Waals surface area contributed by atoms with E-state index in [1.807, 2.05) is 0 Å². The van der Waals surface area contributed by atoms with Crippen molar-refractivity contribution in [3.05, 3.63) is 42.1 Å². The molecule has 19 heteroatoms. The number of aromatic nitrogens is 4. The van der Waals surface area contributed by atoms with Crippen molar-refractivity contribution in [3.63, 3.8) is 0 Å². The summed E-state index contributed by atoms with van der Waals surface area (Å²) < 4.78 is 60.3. The van der Waals surface area contributed by atoms with Gasteiger partial charge in [-0.15, -0.1) is 0 Å². The standard InChI is InChI=1S/C36H53FN6O9Si3/c1-20(44)22-14-23(25(37)15-26(22)38)30-29-31(49-42-35(29)39)24(17-40-30)21-16-41-43(18-21)19-47-28(45)13-12-27-32(50-53(3,4)5)33(46-2)34(51-54(6,7)8)36(48-27)52-55(9,10)11/h14-18,27,32-34,36H,12-13,19,38H2,1-11H3,(H2,39,42)/t27-,32-,33+,34-,36?/m1/s1. The molecule has 3 aromatic heterocycles. The highest BCUT2D eigenvalue weighted by molar-refractivity contribution is 6.70. The summed E-state index contributed by atoms with van der Waals surface area (Å²) in [6, 6.07) is 2.40. The number of pyridine rings is 1. The lowest BCUT2D eigenvalue weighted by atomic mass is 9.96. The first-order valence-corrected chi connectivity index (χ1v) is 28.3. The molecule has 5 atom stereocenters. The van der Waals surface area contributed by atoms with E-state index < -0.39 is 67.4 Å². The average molecular weight is 817 g/mol. The van der Waals surface area contributed by atoms with E-state index in [4.69, 9.17) is 43.5 Å². The van der Waals surface area contributed by atoms with Crippen LogP contribution in [-0.2, 0) is 39.0 Å². The Morgan fingerprint density at radius 2 is 1.56 bits per heavy atom. The topological polar surface area (TPSA) is 198 Å². The number of carbonyl (C=O) groups excluding carboxylic acids is 2. The van der Waals surface area contributed by atoms with Crippen molar-refractivity contribution in [1.82, 2.24) is 19.9 Å². The molecule has 1 aromatic carbocycles. The molecule has 0 bridgehead atoms. The molecule has 4 N–H and O–H groups in total. The molecule has 4 heterocycles. The number of nitrogens with two attached hydrogens (primary N) is 2. The fraction of sp³-hybridized carbons (Fsp3) is 0.528. The zero-order valence-corrected chi connectivity index (χ0v) is 36.4. The summed E-state index contributed by atoms with van der Waals surface area (Å²) in [6.45, 7) is 20.1. The molecule has 0 radical (unpaired) electrons. The van der Waals surface area contributed by atoms with Gasteiger partial charge in [0.25, 0.3) is 0 Å². The van der Waals surface area contributed by atoms with Gasteiger partial charge in [-0.05, 0) is 84.4 Å². The molecule has 55 heavy (non-hydrogen) atoms. The summed E-state index contributed by atoms with van der Waals surface area (Å²) in [5.74, 6) is -1.50. The van der Waals surface area contributed by atoms with Gasteiger partial charge in [-0.1, -0.05) is 5.16 Å². The number of anilines is 2. The molecule has 5 rings (SSSR count). The van der Waals surface area contributed by atoms with E-state index in [0.29, 0.717) is 17.5 Å². The van der Waals surface area contributed by atoms with Crippen molar-refractivity contribution in [2.24, 2.45) is 0 Å². The van der Waals surface area contributed by atoms with Crippen LogP contribution in [0.25, 0.3) is 33.4 Å². The van der Waals surface area contributed by atoms with Crippen molar-refractivity contribution in [1.29, 1.82) is 0 Å². The van der Waals surface area contributed by atoms with E-state index in [2.05, 4.69) is 74.2 Å². The van der Waals surface area contributed by atoms with Crippen LogP contribution < -0.4 is 11.5 Å². The van der Waals surface area contributed by atoms with Gasteiger partial charge in [0.15, 0.2) is 55.2 Å². The number of nitrogens with zero attached hydrogens (tertiary/aromatic N) is 4. The second kappa shape index (κ2) is 16.3. The molecule has 4 aromatic rings. The van der Waals surface area contributed by atoms with E-state index in [1.54, 1.807) is 13.3 Å². The third-order valence-electron chi connectivity index (χ3n) is 8.54. The van der Waals surface area contributed by atoms with E-state index >= 15 is 4.39 Å². The largest absolute Gasteiger partial charge is 0.442 e. The lowest BCUT2D eigenvalue weighted by Gasteiger charge is -2.50. The fourth-order valence-electron chi connectivity index (χ4n) is 6.40. The predicted octanol–water partition coefficient (Wildman–Crippen LogP) is 6.57.